The highest BCUT2D eigenvalue weighted by Gasteiger charge is 2.09. The second-order valence-corrected chi connectivity index (χ2v) is 9.15. The van der Waals surface area contributed by atoms with Gasteiger partial charge < -0.3 is 4.74 Å². The van der Waals surface area contributed by atoms with Gasteiger partial charge >= 0.3 is 5.97 Å². The second kappa shape index (κ2) is 5.87. The van der Waals surface area contributed by atoms with Crippen LogP contribution in [0.1, 0.15) is 26.7 Å². The van der Waals surface area contributed by atoms with Crippen LogP contribution in [0.5, 0.6) is 0 Å². The van der Waals surface area contributed by atoms with Crippen LogP contribution >= 0.6 is 0 Å². The van der Waals surface area contributed by atoms with Gasteiger partial charge in [0.2, 0.25) is 0 Å². The molecule has 0 N–H and O–H groups in total. The summed E-state index contributed by atoms with van der Waals surface area (Å²) in [4.78, 5) is 11.1. The van der Waals surface area contributed by atoms with Crippen molar-refractivity contribution in [1.29, 1.82) is 0 Å². The van der Waals surface area contributed by atoms with Gasteiger partial charge in [0.1, 0.15) is 8.07 Å². The Bertz CT molecular complexity index is 242. The molecule has 0 bridgehead atoms. The first-order valence-electron chi connectivity index (χ1n) is 5.07. The lowest BCUT2D eigenvalue weighted by molar-refractivity contribution is -0.145. The quantitative estimate of drug-likeness (QED) is 0.408. The summed E-state index contributed by atoms with van der Waals surface area (Å²) in [7, 11) is -1.34. The molecule has 14 heavy (non-hydrogen) atoms. The number of carbonyl (C=O) groups is 1. The lowest BCUT2D eigenvalue weighted by Crippen LogP contribution is -2.19. The zero-order valence-corrected chi connectivity index (χ0v) is 10.8. The number of hydrogen-bond donors (Lipinski definition) is 0. The molecule has 2 nitrogen and oxygen atoms in total. The van der Waals surface area contributed by atoms with E-state index in [1.165, 1.54) is 0 Å². The fourth-order valence-corrected chi connectivity index (χ4v) is 1.44. The minimum atomic E-state index is -1.34. The normalized spacial score (nSPS) is 12.6. The van der Waals surface area contributed by atoms with Crippen LogP contribution in [-0.2, 0) is 9.53 Å². The van der Waals surface area contributed by atoms with Crippen molar-refractivity contribution < 1.29 is 9.53 Å². The molecule has 0 amide bonds. The maximum atomic E-state index is 11.1. The topological polar surface area (TPSA) is 26.3 Å². The number of hydrogen-bond acceptors (Lipinski definition) is 2. The molecule has 0 heterocycles. The van der Waals surface area contributed by atoms with Gasteiger partial charge in [-0.05, 0) is 13.3 Å². The Balaban J connectivity index is 4.02. The van der Waals surface area contributed by atoms with Crippen LogP contribution in [0.25, 0.3) is 0 Å². The molecule has 1 unspecified atom stereocenters. The van der Waals surface area contributed by atoms with E-state index in [0.29, 0.717) is 6.42 Å². The van der Waals surface area contributed by atoms with Crippen molar-refractivity contribution in [2.75, 3.05) is 0 Å². The van der Waals surface area contributed by atoms with Gasteiger partial charge in [-0.1, -0.05) is 32.5 Å². The minimum Gasteiger partial charge on any atom is -0.449 e. The first-order chi connectivity index (χ1) is 6.35. The Morgan fingerprint density at radius 3 is 2.43 bits per heavy atom. The summed E-state index contributed by atoms with van der Waals surface area (Å²) in [6.45, 7) is 10.3. The smallest absolute Gasteiger partial charge is 0.307 e. The highest BCUT2D eigenvalue weighted by Crippen LogP contribution is 1.99. The van der Waals surface area contributed by atoms with Gasteiger partial charge in [-0.2, -0.15) is 0 Å². The van der Waals surface area contributed by atoms with Crippen molar-refractivity contribution in [3.8, 4) is 11.5 Å². The largest absolute Gasteiger partial charge is 0.449 e. The zero-order chi connectivity index (χ0) is 11.2. The average Bonchev–Trinajstić information content (AvgIpc) is 2.00. The molecule has 0 saturated heterocycles. The monoisotopic (exact) mass is 212 g/mol. The highest BCUT2D eigenvalue weighted by atomic mass is 28.3. The molecule has 0 aliphatic carbocycles. The fraction of sp³-hybridized carbons (Fsp3) is 0.727. The molecule has 1 atom stereocenters. The summed E-state index contributed by atoms with van der Waals surface area (Å²) in [6, 6.07) is 0. The molecular formula is C11H20O2Si. The van der Waals surface area contributed by atoms with Gasteiger partial charge in [-0.25, -0.2) is 0 Å². The van der Waals surface area contributed by atoms with Crippen molar-refractivity contribution in [1.82, 2.24) is 0 Å². The summed E-state index contributed by atoms with van der Waals surface area (Å²) in [5, 5.41) is 0. The van der Waals surface area contributed by atoms with E-state index in [2.05, 4.69) is 31.1 Å². The van der Waals surface area contributed by atoms with E-state index < -0.39 is 8.07 Å². The number of esters is 1. The summed E-state index contributed by atoms with van der Waals surface area (Å²) in [5.74, 6) is 2.83. The van der Waals surface area contributed by atoms with Crippen LogP contribution in [0.15, 0.2) is 0 Å². The zero-order valence-electron chi connectivity index (χ0n) is 9.81. The van der Waals surface area contributed by atoms with Gasteiger partial charge in [-0.3, -0.25) is 4.79 Å². The van der Waals surface area contributed by atoms with Crippen LogP contribution in [0.4, 0.5) is 0 Å². The molecule has 0 radical (unpaired) electrons. The van der Waals surface area contributed by atoms with Gasteiger partial charge in [-0.15, -0.1) is 5.54 Å². The van der Waals surface area contributed by atoms with Crippen molar-refractivity contribution in [2.24, 2.45) is 0 Å². The molecule has 0 aliphatic heterocycles. The maximum absolute atomic E-state index is 11.1. The first kappa shape index (κ1) is 13.2. The molecule has 80 valence electrons. The minimum absolute atomic E-state index is 0.148. The van der Waals surface area contributed by atoms with Crippen molar-refractivity contribution in [2.45, 2.75) is 52.4 Å². The predicted octanol–water partition coefficient (Wildman–Crippen LogP) is 2.60. The number of rotatable bonds is 3. The number of carbonyl (C=O) groups excluding carboxylic acids is 1. The first-order valence-corrected chi connectivity index (χ1v) is 8.57. The summed E-state index contributed by atoms with van der Waals surface area (Å²) >= 11 is 0. The summed E-state index contributed by atoms with van der Waals surface area (Å²) < 4.78 is 5.10. The summed E-state index contributed by atoms with van der Waals surface area (Å²) in [5.41, 5.74) is 3.18. The van der Waals surface area contributed by atoms with E-state index in [1.807, 2.05) is 13.8 Å². The molecule has 0 fully saturated rings. The van der Waals surface area contributed by atoms with Crippen LogP contribution in [0.3, 0.4) is 0 Å². The standard InChI is InChI=1S/C11H20O2Si/c1-6-7-11(12)13-10(2)8-9-14(3,4)5/h10H,6-7H2,1-5H3. The second-order valence-electron chi connectivity index (χ2n) is 4.40. The van der Waals surface area contributed by atoms with E-state index in [-0.39, 0.29) is 12.1 Å². The molecule has 0 rings (SSSR count). The Morgan fingerprint density at radius 2 is 2.00 bits per heavy atom. The third kappa shape index (κ3) is 7.87. The van der Waals surface area contributed by atoms with E-state index in [0.717, 1.165) is 6.42 Å². The van der Waals surface area contributed by atoms with E-state index >= 15 is 0 Å². The molecule has 3 heteroatoms. The van der Waals surface area contributed by atoms with Crippen LogP contribution < -0.4 is 0 Å². The fourth-order valence-electron chi connectivity index (χ4n) is 0.808. The van der Waals surface area contributed by atoms with Gasteiger partial charge in [0, 0.05) is 6.42 Å². The molecular weight excluding hydrogens is 192 g/mol. The lowest BCUT2D eigenvalue weighted by Gasteiger charge is -2.08. The Morgan fingerprint density at radius 1 is 1.43 bits per heavy atom. The van der Waals surface area contributed by atoms with E-state index in [9.17, 15) is 4.79 Å². The van der Waals surface area contributed by atoms with E-state index in [1.54, 1.807) is 0 Å². The molecule has 0 spiro atoms. The molecule has 0 aromatic rings. The molecule has 0 aromatic heterocycles. The van der Waals surface area contributed by atoms with Crippen LogP contribution in [-0.4, -0.2) is 20.1 Å². The third-order valence-corrected chi connectivity index (χ3v) is 2.31. The molecule has 0 aliphatic rings. The molecule has 0 saturated carbocycles. The van der Waals surface area contributed by atoms with Crippen molar-refractivity contribution in [3.63, 3.8) is 0 Å². The SMILES string of the molecule is CCCC(=O)OC(C)C#C[Si](C)(C)C. The van der Waals surface area contributed by atoms with Gasteiger partial charge in [0.15, 0.2) is 6.10 Å². The predicted molar refractivity (Wildman–Crippen MR) is 61.6 cm³/mol. The Kier molecular flexibility index (Phi) is 5.55. The van der Waals surface area contributed by atoms with Gasteiger partial charge in [0.25, 0.3) is 0 Å². The van der Waals surface area contributed by atoms with Crippen LogP contribution in [0.2, 0.25) is 19.6 Å². The van der Waals surface area contributed by atoms with E-state index in [4.69, 9.17) is 4.74 Å². The maximum Gasteiger partial charge on any atom is 0.307 e. The van der Waals surface area contributed by atoms with Crippen molar-refractivity contribution >= 4 is 14.0 Å². The average molecular weight is 212 g/mol. The summed E-state index contributed by atoms with van der Waals surface area (Å²) in [6.07, 6.45) is 1.05. The Hall–Kier alpha value is -0.753. The molecule has 0 aromatic carbocycles. The highest BCUT2D eigenvalue weighted by molar-refractivity contribution is 6.83. The lowest BCUT2D eigenvalue weighted by atomic mass is 10.3. The van der Waals surface area contributed by atoms with Crippen molar-refractivity contribution in [3.05, 3.63) is 0 Å². The Labute approximate surface area is 88.0 Å². The third-order valence-electron chi connectivity index (χ3n) is 1.41. The van der Waals surface area contributed by atoms with Gasteiger partial charge in [0.05, 0.1) is 0 Å². The number of ether oxygens (including phenoxy) is 1. The van der Waals surface area contributed by atoms with Crippen LogP contribution in [0, 0.1) is 11.5 Å².